The Kier molecular flexibility index (Phi) is 6.67. The first-order valence-corrected chi connectivity index (χ1v) is 12.4. The normalized spacial score (nSPS) is 22.3. The van der Waals surface area contributed by atoms with E-state index in [1.54, 1.807) is 29.2 Å². The number of rotatable bonds is 3. The lowest BCUT2D eigenvalue weighted by molar-refractivity contribution is -0.136. The SMILES string of the molecule is CC(F)S(=O)(=O)NC1CCCN2C(=O)CCOc3c(F)cc(F)cc3-c3cccc(c3)CC12. The quantitative estimate of drug-likeness (QED) is 0.726. The monoisotopic (exact) mass is 482 g/mol. The first kappa shape index (κ1) is 23.6. The summed E-state index contributed by atoms with van der Waals surface area (Å²) in [6.07, 6.45) is 1.23. The second-order valence-corrected chi connectivity index (χ2v) is 10.4. The number of carbonyl (C=O) groups excluding carboxylic acids is 1. The van der Waals surface area contributed by atoms with Crippen molar-refractivity contribution < 1.29 is 31.1 Å². The Morgan fingerprint density at radius 2 is 2.00 bits per heavy atom. The van der Waals surface area contributed by atoms with Crippen LogP contribution in [0.5, 0.6) is 5.75 Å². The molecule has 0 aromatic heterocycles. The number of piperidine rings is 1. The van der Waals surface area contributed by atoms with E-state index in [2.05, 4.69) is 4.72 Å². The summed E-state index contributed by atoms with van der Waals surface area (Å²) in [5.41, 5.74) is -0.588. The molecule has 2 aliphatic rings. The predicted molar refractivity (Wildman–Crippen MR) is 117 cm³/mol. The summed E-state index contributed by atoms with van der Waals surface area (Å²) in [7, 11) is -4.20. The third-order valence-electron chi connectivity index (χ3n) is 6.10. The highest BCUT2D eigenvalue weighted by molar-refractivity contribution is 7.89. The van der Waals surface area contributed by atoms with E-state index < -0.39 is 39.2 Å². The van der Waals surface area contributed by atoms with E-state index in [4.69, 9.17) is 4.74 Å². The maximum absolute atomic E-state index is 14.5. The number of fused-ring (bicyclic) bond motifs is 5. The second-order valence-electron chi connectivity index (χ2n) is 8.38. The van der Waals surface area contributed by atoms with Gasteiger partial charge in [0.1, 0.15) is 5.82 Å². The van der Waals surface area contributed by atoms with Crippen molar-refractivity contribution in [2.75, 3.05) is 13.2 Å². The number of benzene rings is 2. The molecule has 0 radical (unpaired) electrons. The van der Waals surface area contributed by atoms with Crippen molar-refractivity contribution in [3.05, 3.63) is 53.6 Å². The molecular weight excluding hydrogens is 457 g/mol. The summed E-state index contributed by atoms with van der Waals surface area (Å²) in [5.74, 6) is -2.01. The molecule has 1 saturated heterocycles. The molecule has 178 valence electrons. The van der Waals surface area contributed by atoms with Crippen LogP contribution in [0.25, 0.3) is 11.1 Å². The molecule has 3 atom stereocenters. The molecule has 0 aliphatic carbocycles. The van der Waals surface area contributed by atoms with Crippen LogP contribution >= 0.6 is 0 Å². The number of halogens is 3. The van der Waals surface area contributed by atoms with Crippen molar-refractivity contribution in [3.8, 4) is 16.9 Å². The van der Waals surface area contributed by atoms with Gasteiger partial charge >= 0.3 is 0 Å². The van der Waals surface area contributed by atoms with Crippen molar-refractivity contribution in [2.24, 2.45) is 0 Å². The first-order chi connectivity index (χ1) is 15.7. The molecule has 2 aromatic carbocycles. The van der Waals surface area contributed by atoms with Crippen molar-refractivity contribution in [3.63, 3.8) is 0 Å². The zero-order chi connectivity index (χ0) is 23.8. The van der Waals surface area contributed by atoms with Gasteiger partial charge in [-0.05, 0) is 43.4 Å². The van der Waals surface area contributed by atoms with E-state index in [0.717, 1.165) is 18.6 Å². The van der Waals surface area contributed by atoms with E-state index in [9.17, 15) is 26.4 Å². The van der Waals surface area contributed by atoms with Gasteiger partial charge in [0.05, 0.1) is 19.1 Å². The minimum atomic E-state index is -4.20. The molecule has 0 spiro atoms. The Hall–Kier alpha value is -2.59. The van der Waals surface area contributed by atoms with Crippen LogP contribution < -0.4 is 9.46 Å². The molecule has 6 nitrogen and oxygen atoms in total. The maximum atomic E-state index is 14.5. The molecule has 2 bridgehead atoms. The number of nitrogens with zero attached hydrogens (tertiary/aromatic N) is 1. The minimum Gasteiger partial charge on any atom is -0.489 e. The summed E-state index contributed by atoms with van der Waals surface area (Å²) in [4.78, 5) is 14.6. The summed E-state index contributed by atoms with van der Waals surface area (Å²) in [6.45, 7) is 1.24. The third kappa shape index (κ3) is 5.01. The summed E-state index contributed by atoms with van der Waals surface area (Å²) in [6, 6.07) is 7.66. The van der Waals surface area contributed by atoms with Crippen LogP contribution in [-0.2, 0) is 21.2 Å². The van der Waals surface area contributed by atoms with Crippen LogP contribution in [0.2, 0.25) is 0 Å². The number of alkyl halides is 1. The van der Waals surface area contributed by atoms with Gasteiger partial charge in [0.25, 0.3) is 0 Å². The third-order valence-corrected chi connectivity index (χ3v) is 7.58. The van der Waals surface area contributed by atoms with Crippen molar-refractivity contribution in [2.45, 2.75) is 50.2 Å². The van der Waals surface area contributed by atoms with Crippen LogP contribution in [0.1, 0.15) is 31.7 Å². The highest BCUT2D eigenvalue weighted by Gasteiger charge is 2.37. The molecule has 10 heteroatoms. The molecule has 1 N–H and O–H groups in total. The predicted octanol–water partition coefficient (Wildman–Crippen LogP) is 3.55. The Labute approximate surface area is 190 Å². The molecule has 3 unspecified atom stereocenters. The highest BCUT2D eigenvalue weighted by Crippen LogP contribution is 2.35. The Morgan fingerprint density at radius 3 is 2.76 bits per heavy atom. The Bertz CT molecular complexity index is 1160. The van der Waals surface area contributed by atoms with E-state index in [1.165, 1.54) is 6.07 Å². The zero-order valence-corrected chi connectivity index (χ0v) is 18.9. The molecular formula is C23H25F3N2O4S. The van der Waals surface area contributed by atoms with Gasteiger partial charge in [-0.3, -0.25) is 4.79 Å². The number of hydrogen-bond acceptors (Lipinski definition) is 4. The van der Waals surface area contributed by atoms with Crippen LogP contribution in [-0.4, -0.2) is 50.0 Å². The lowest BCUT2D eigenvalue weighted by Gasteiger charge is -2.42. The van der Waals surface area contributed by atoms with Gasteiger partial charge in [-0.15, -0.1) is 0 Å². The highest BCUT2D eigenvalue weighted by atomic mass is 32.2. The van der Waals surface area contributed by atoms with Gasteiger partial charge in [0.2, 0.25) is 21.4 Å². The largest absolute Gasteiger partial charge is 0.489 e. The second kappa shape index (κ2) is 9.34. The molecule has 2 aromatic rings. The number of sulfonamides is 1. The molecule has 0 saturated carbocycles. The molecule has 1 fully saturated rings. The molecule has 2 heterocycles. The number of nitrogens with one attached hydrogen (secondary N) is 1. The zero-order valence-electron chi connectivity index (χ0n) is 18.1. The van der Waals surface area contributed by atoms with Gasteiger partial charge in [0, 0.05) is 24.2 Å². The molecule has 33 heavy (non-hydrogen) atoms. The Morgan fingerprint density at radius 1 is 1.21 bits per heavy atom. The maximum Gasteiger partial charge on any atom is 0.243 e. The fourth-order valence-electron chi connectivity index (χ4n) is 4.47. The van der Waals surface area contributed by atoms with Gasteiger partial charge in [0.15, 0.2) is 11.6 Å². The fraction of sp³-hybridized carbons (Fsp3) is 0.435. The fourth-order valence-corrected chi connectivity index (χ4v) is 5.36. The lowest BCUT2D eigenvalue weighted by Crippen LogP contribution is -2.58. The van der Waals surface area contributed by atoms with E-state index >= 15 is 0 Å². The Balaban J connectivity index is 1.76. The van der Waals surface area contributed by atoms with Gasteiger partial charge in [-0.1, -0.05) is 24.3 Å². The molecule has 4 rings (SSSR count). The average Bonchev–Trinajstić information content (AvgIpc) is 2.75. The van der Waals surface area contributed by atoms with E-state index in [1.807, 2.05) is 0 Å². The number of hydrogen-bond donors (Lipinski definition) is 1. The van der Waals surface area contributed by atoms with Crippen molar-refractivity contribution >= 4 is 15.9 Å². The van der Waals surface area contributed by atoms with Crippen LogP contribution in [0.15, 0.2) is 36.4 Å². The van der Waals surface area contributed by atoms with Crippen LogP contribution in [0.4, 0.5) is 13.2 Å². The summed E-state index contributed by atoms with van der Waals surface area (Å²) < 4.78 is 74.6. The van der Waals surface area contributed by atoms with E-state index in [0.29, 0.717) is 31.4 Å². The minimum absolute atomic E-state index is 0.0698. The van der Waals surface area contributed by atoms with Crippen LogP contribution in [0.3, 0.4) is 0 Å². The van der Waals surface area contributed by atoms with Crippen molar-refractivity contribution in [1.29, 1.82) is 0 Å². The standard InChI is InChI=1S/C23H25F3N2O4S/c1-14(24)33(30,31)27-20-6-3-8-28-21(20)11-15-4-2-5-16(10-15)18-12-17(25)13-19(26)23(18)32-9-7-22(28)29/h2,4-5,10,12-14,20-21,27H,3,6-9,11H2,1H3. The topological polar surface area (TPSA) is 75.7 Å². The number of carbonyl (C=O) groups is 1. The number of amides is 1. The van der Waals surface area contributed by atoms with Gasteiger partial charge in [-0.25, -0.2) is 26.3 Å². The van der Waals surface area contributed by atoms with Gasteiger partial charge in [-0.2, -0.15) is 0 Å². The smallest absolute Gasteiger partial charge is 0.243 e. The number of ether oxygens (including phenoxy) is 1. The lowest BCUT2D eigenvalue weighted by atomic mass is 9.90. The van der Waals surface area contributed by atoms with E-state index in [-0.39, 0.29) is 30.2 Å². The van der Waals surface area contributed by atoms with Crippen LogP contribution in [0, 0.1) is 11.6 Å². The van der Waals surface area contributed by atoms with Gasteiger partial charge < -0.3 is 9.64 Å². The van der Waals surface area contributed by atoms with Crippen molar-refractivity contribution in [1.82, 2.24) is 9.62 Å². The molecule has 2 aliphatic heterocycles. The summed E-state index contributed by atoms with van der Waals surface area (Å²) in [5, 5.41) is 0. The summed E-state index contributed by atoms with van der Waals surface area (Å²) >= 11 is 0. The molecule has 1 amide bonds. The first-order valence-electron chi connectivity index (χ1n) is 10.8. The average molecular weight is 483 g/mol.